The second kappa shape index (κ2) is 5.92. The van der Waals surface area contributed by atoms with Crippen LogP contribution in [0, 0.1) is 17.8 Å². The Kier molecular flexibility index (Phi) is 3.75. The van der Waals surface area contributed by atoms with E-state index in [0.29, 0.717) is 11.8 Å². The summed E-state index contributed by atoms with van der Waals surface area (Å²) in [6.45, 7) is 0. The van der Waals surface area contributed by atoms with Crippen LogP contribution in [-0.4, -0.2) is 35.2 Å². The van der Waals surface area contributed by atoms with Crippen LogP contribution in [-0.2, 0) is 20.7 Å². The maximum absolute atomic E-state index is 12.5. The molecule has 2 aliphatic carbocycles. The minimum absolute atomic E-state index is 0.0733. The van der Waals surface area contributed by atoms with Crippen LogP contribution in [0.15, 0.2) is 24.3 Å². The fraction of sp³-hybridized carbons (Fsp3) is 0.500. The first-order chi connectivity index (χ1) is 11.7. The number of nitrogens with one attached hydrogen (secondary N) is 2. The molecular weight excluding hydrogens is 306 g/mol. The van der Waals surface area contributed by atoms with Gasteiger partial charge in [-0.15, -0.1) is 0 Å². The number of ether oxygens (including phenoxy) is 1. The van der Waals surface area contributed by atoms with Crippen molar-refractivity contribution in [3.05, 3.63) is 30.0 Å². The van der Waals surface area contributed by atoms with Crippen molar-refractivity contribution in [3.8, 4) is 0 Å². The standard InChI is InChI=1S/C18H21N3O3/c1-24-18(23)16-10-6-7-11(8-10)17(16)19-15(22)9-14-12-4-2-3-5-13(12)20-21-14/h2-5,10-11,16-17H,6-9H2,1H3,(H,19,22)(H,20,21)/t10-,11-,16+,17-/m0/s1. The van der Waals surface area contributed by atoms with Crippen LogP contribution in [0.3, 0.4) is 0 Å². The molecule has 1 aromatic heterocycles. The molecule has 1 heterocycles. The third-order valence-electron chi connectivity index (χ3n) is 5.60. The molecule has 0 spiro atoms. The average Bonchev–Trinajstić information content (AvgIpc) is 3.29. The fourth-order valence-corrected chi connectivity index (χ4v) is 4.52. The lowest BCUT2D eigenvalue weighted by Gasteiger charge is -2.29. The smallest absolute Gasteiger partial charge is 0.311 e. The maximum atomic E-state index is 12.5. The van der Waals surface area contributed by atoms with Gasteiger partial charge < -0.3 is 10.1 Å². The van der Waals surface area contributed by atoms with Gasteiger partial charge in [0.1, 0.15) is 0 Å². The van der Waals surface area contributed by atoms with Crippen molar-refractivity contribution in [2.45, 2.75) is 31.7 Å². The Labute approximate surface area is 139 Å². The molecule has 0 unspecified atom stereocenters. The number of fused-ring (bicyclic) bond motifs is 3. The zero-order valence-electron chi connectivity index (χ0n) is 13.6. The van der Waals surface area contributed by atoms with Gasteiger partial charge in [0.25, 0.3) is 0 Å². The number of amides is 1. The van der Waals surface area contributed by atoms with Crippen molar-refractivity contribution in [3.63, 3.8) is 0 Å². The zero-order chi connectivity index (χ0) is 16.7. The number of methoxy groups -OCH3 is 1. The van der Waals surface area contributed by atoms with E-state index in [2.05, 4.69) is 15.5 Å². The number of nitrogens with zero attached hydrogens (tertiary/aromatic N) is 1. The monoisotopic (exact) mass is 327 g/mol. The van der Waals surface area contributed by atoms with Crippen LogP contribution in [0.5, 0.6) is 0 Å². The van der Waals surface area contributed by atoms with E-state index in [-0.39, 0.29) is 30.3 Å². The second-order valence-corrected chi connectivity index (χ2v) is 6.87. The van der Waals surface area contributed by atoms with Crippen LogP contribution >= 0.6 is 0 Å². The molecule has 2 saturated carbocycles. The van der Waals surface area contributed by atoms with Gasteiger partial charge in [-0.2, -0.15) is 5.10 Å². The van der Waals surface area contributed by atoms with Gasteiger partial charge in [0, 0.05) is 11.4 Å². The van der Waals surface area contributed by atoms with Gasteiger partial charge in [0.2, 0.25) is 5.91 Å². The number of hydrogen-bond acceptors (Lipinski definition) is 4. The summed E-state index contributed by atoms with van der Waals surface area (Å²) in [6, 6.07) is 7.62. The molecule has 6 heteroatoms. The van der Waals surface area contributed by atoms with E-state index in [1.165, 1.54) is 7.11 Å². The molecule has 1 aromatic carbocycles. The Morgan fingerprint density at radius 1 is 1.29 bits per heavy atom. The predicted octanol–water partition coefficient (Wildman–Crippen LogP) is 1.81. The first-order valence-corrected chi connectivity index (χ1v) is 8.46. The van der Waals surface area contributed by atoms with Gasteiger partial charge in [0.05, 0.1) is 30.7 Å². The van der Waals surface area contributed by atoms with Crippen molar-refractivity contribution in [2.75, 3.05) is 7.11 Å². The molecule has 0 radical (unpaired) electrons. The minimum atomic E-state index is -0.198. The normalized spacial score (nSPS) is 28.2. The third-order valence-corrected chi connectivity index (χ3v) is 5.60. The molecule has 2 fully saturated rings. The van der Waals surface area contributed by atoms with Gasteiger partial charge in [-0.3, -0.25) is 14.7 Å². The Hall–Kier alpha value is -2.37. The first kappa shape index (κ1) is 15.2. The lowest BCUT2D eigenvalue weighted by atomic mass is 9.84. The molecule has 6 nitrogen and oxygen atoms in total. The molecule has 4 atom stereocenters. The molecular formula is C18H21N3O3. The summed E-state index contributed by atoms with van der Waals surface area (Å²) in [5.41, 5.74) is 1.66. The fourth-order valence-electron chi connectivity index (χ4n) is 4.52. The number of rotatable bonds is 4. The Morgan fingerprint density at radius 2 is 2.08 bits per heavy atom. The number of carbonyl (C=O) groups excluding carboxylic acids is 2. The number of esters is 1. The minimum Gasteiger partial charge on any atom is -0.469 e. The van der Waals surface area contributed by atoms with Gasteiger partial charge in [-0.05, 0) is 37.2 Å². The molecule has 24 heavy (non-hydrogen) atoms. The highest BCUT2D eigenvalue weighted by Crippen LogP contribution is 2.48. The number of carbonyl (C=O) groups is 2. The molecule has 2 aromatic rings. The number of aromatic amines is 1. The summed E-state index contributed by atoms with van der Waals surface area (Å²) >= 11 is 0. The van der Waals surface area contributed by atoms with E-state index in [1.807, 2.05) is 24.3 Å². The molecule has 0 aliphatic heterocycles. The molecule has 2 bridgehead atoms. The lowest BCUT2D eigenvalue weighted by Crippen LogP contribution is -2.47. The van der Waals surface area contributed by atoms with Crippen LogP contribution in [0.25, 0.3) is 10.9 Å². The van der Waals surface area contributed by atoms with E-state index < -0.39 is 0 Å². The van der Waals surface area contributed by atoms with E-state index in [0.717, 1.165) is 35.9 Å². The topological polar surface area (TPSA) is 84.1 Å². The van der Waals surface area contributed by atoms with Crippen molar-refractivity contribution < 1.29 is 14.3 Å². The highest BCUT2D eigenvalue weighted by molar-refractivity contribution is 5.87. The molecule has 2 N–H and O–H groups in total. The zero-order valence-corrected chi connectivity index (χ0v) is 13.6. The molecule has 1 amide bonds. The van der Waals surface area contributed by atoms with E-state index in [1.54, 1.807) is 0 Å². The van der Waals surface area contributed by atoms with Crippen molar-refractivity contribution in [1.82, 2.24) is 15.5 Å². The SMILES string of the molecule is COC(=O)[C@@H]1[C@H]2CC[C@@H](C2)[C@@H]1NC(=O)Cc1[nH]nc2ccccc12. The van der Waals surface area contributed by atoms with Crippen LogP contribution in [0.1, 0.15) is 25.0 Å². The highest BCUT2D eigenvalue weighted by atomic mass is 16.5. The number of para-hydroxylation sites is 1. The lowest BCUT2D eigenvalue weighted by molar-refractivity contribution is -0.148. The summed E-state index contributed by atoms with van der Waals surface area (Å²) in [7, 11) is 1.42. The Morgan fingerprint density at radius 3 is 2.92 bits per heavy atom. The van der Waals surface area contributed by atoms with Gasteiger partial charge in [0.15, 0.2) is 0 Å². The Balaban J connectivity index is 1.48. The quantitative estimate of drug-likeness (QED) is 0.839. The number of hydrogen-bond donors (Lipinski definition) is 2. The summed E-state index contributed by atoms with van der Waals surface area (Å²) in [5, 5.41) is 11.2. The van der Waals surface area contributed by atoms with E-state index >= 15 is 0 Å². The average molecular weight is 327 g/mol. The second-order valence-electron chi connectivity index (χ2n) is 6.87. The molecule has 126 valence electrons. The van der Waals surface area contributed by atoms with E-state index in [9.17, 15) is 9.59 Å². The van der Waals surface area contributed by atoms with Crippen molar-refractivity contribution in [2.24, 2.45) is 17.8 Å². The molecule has 4 rings (SSSR count). The summed E-state index contributed by atoms with van der Waals surface area (Å²) in [5.74, 6) is 0.272. The van der Waals surface area contributed by atoms with E-state index in [4.69, 9.17) is 4.74 Å². The van der Waals surface area contributed by atoms with Crippen LogP contribution in [0.4, 0.5) is 0 Å². The third kappa shape index (κ3) is 2.46. The molecule has 2 aliphatic rings. The molecule has 0 saturated heterocycles. The van der Waals surface area contributed by atoms with Gasteiger partial charge in [-0.1, -0.05) is 18.2 Å². The van der Waals surface area contributed by atoms with Gasteiger partial charge >= 0.3 is 5.97 Å². The number of aromatic nitrogens is 2. The first-order valence-electron chi connectivity index (χ1n) is 8.46. The summed E-state index contributed by atoms with van der Waals surface area (Å²) < 4.78 is 4.96. The summed E-state index contributed by atoms with van der Waals surface area (Å²) in [6.07, 6.45) is 3.39. The maximum Gasteiger partial charge on any atom is 0.311 e. The predicted molar refractivity (Wildman–Crippen MR) is 88.1 cm³/mol. The number of H-pyrrole nitrogens is 1. The van der Waals surface area contributed by atoms with Crippen molar-refractivity contribution in [1.29, 1.82) is 0 Å². The van der Waals surface area contributed by atoms with Gasteiger partial charge in [-0.25, -0.2) is 0 Å². The summed E-state index contributed by atoms with van der Waals surface area (Å²) in [4.78, 5) is 24.6. The highest BCUT2D eigenvalue weighted by Gasteiger charge is 2.51. The Bertz CT molecular complexity index is 785. The largest absolute Gasteiger partial charge is 0.469 e. The van der Waals surface area contributed by atoms with Crippen LogP contribution < -0.4 is 5.32 Å². The number of benzene rings is 1. The van der Waals surface area contributed by atoms with Crippen LogP contribution in [0.2, 0.25) is 0 Å². The van der Waals surface area contributed by atoms with Crippen molar-refractivity contribution >= 4 is 22.8 Å².